The number of ether oxygens (including phenoxy) is 3. The lowest BCUT2D eigenvalue weighted by Crippen LogP contribution is -2.38. The molecule has 1 atom stereocenters. The number of amides is 2. The normalized spacial score (nSPS) is 11.3. The van der Waals surface area contributed by atoms with Crippen LogP contribution < -0.4 is 24.8 Å². The summed E-state index contributed by atoms with van der Waals surface area (Å²) >= 11 is 0. The summed E-state index contributed by atoms with van der Waals surface area (Å²) < 4.78 is 15.7. The van der Waals surface area contributed by atoms with Crippen molar-refractivity contribution >= 4 is 11.8 Å². The molecule has 0 aromatic heterocycles. The van der Waals surface area contributed by atoms with Crippen LogP contribution in [0.3, 0.4) is 0 Å². The van der Waals surface area contributed by atoms with Gasteiger partial charge in [-0.25, -0.2) is 0 Å². The maximum Gasteiger partial charge on any atom is 0.251 e. The zero-order valence-electron chi connectivity index (χ0n) is 16.8. The molecule has 0 aliphatic heterocycles. The van der Waals surface area contributed by atoms with E-state index in [0.717, 1.165) is 11.1 Å². The molecule has 0 fully saturated rings. The Hall–Kier alpha value is -3.22. The Balaban J connectivity index is 1.97. The molecule has 0 bridgehead atoms. The predicted octanol–water partition coefficient (Wildman–Crippen LogP) is 2.63. The van der Waals surface area contributed by atoms with Crippen LogP contribution in [-0.4, -0.2) is 39.7 Å². The second-order valence-electron chi connectivity index (χ2n) is 6.29. The van der Waals surface area contributed by atoms with Crippen LogP contribution in [0.25, 0.3) is 0 Å². The summed E-state index contributed by atoms with van der Waals surface area (Å²) in [6.45, 7) is 3.69. The molecule has 0 unspecified atom stereocenters. The maximum atomic E-state index is 12.3. The number of hydrogen-bond donors (Lipinski definition) is 2. The molecule has 7 nitrogen and oxygen atoms in total. The van der Waals surface area contributed by atoms with Crippen molar-refractivity contribution in [2.24, 2.45) is 0 Å². The maximum absolute atomic E-state index is 12.3. The monoisotopic (exact) mass is 386 g/mol. The minimum Gasteiger partial charge on any atom is -0.496 e. The van der Waals surface area contributed by atoms with E-state index < -0.39 is 0 Å². The molecule has 28 heavy (non-hydrogen) atoms. The van der Waals surface area contributed by atoms with E-state index in [4.69, 9.17) is 14.2 Å². The fourth-order valence-electron chi connectivity index (χ4n) is 2.80. The van der Waals surface area contributed by atoms with Gasteiger partial charge in [-0.05, 0) is 38.1 Å². The van der Waals surface area contributed by atoms with Gasteiger partial charge in [0.15, 0.2) is 11.5 Å². The largest absolute Gasteiger partial charge is 0.496 e. The van der Waals surface area contributed by atoms with E-state index >= 15 is 0 Å². The number of carbonyl (C=O) groups is 2. The lowest BCUT2D eigenvalue weighted by Gasteiger charge is -2.18. The first-order valence-corrected chi connectivity index (χ1v) is 8.83. The molecule has 0 radical (unpaired) electrons. The third-order valence-electron chi connectivity index (χ3n) is 4.28. The van der Waals surface area contributed by atoms with Crippen LogP contribution >= 0.6 is 0 Å². The topological polar surface area (TPSA) is 85.9 Å². The summed E-state index contributed by atoms with van der Waals surface area (Å²) in [7, 11) is 4.60. The van der Waals surface area contributed by atoms with E-state index in [0.29, 0.717) is 22.8 Å². The van der Waals surface area contributed by atoms with Gasteiger partial charge in [-0.3, -0.25) is 9.59 Å². The van der Waals surface area contributed by atoms with E-state index in [1.54, 1.807) is 25.3 Å². The van der Waals surface area contributed by atoms with Gasteiger partial charge in [0.25, 0.3) is 5.91 Å². The Kier molecular flexibility index (Phi) is 7.26. The summed E-state index contributed by atoms with van der Waals surface area (Å²) in [4.78, 5) is 24.6. The predicted molar refractivity (Wildman–Crippen MR) is 106 cm³/mol. The molecule has 7 heteroatoms. The molecular weight excluding hydrogens is 360 g/mol. The number of nitrogens with one attached hydrogen (secondary N) is 2. The fourth-order valence-corrected chi connectivity index (χ4v) is 2.80. The third-order valence-corrected chi connectivity index (χ3v) is 4.28. The van der Waals surface area contributed by atoms with Gasteiger partial charge in [-0.2, -0.15) is 0 Å². The Morgan fingerprint density at radius 3 is 2.21 bits per heavy atom. The Morgan fingerprint density at radius 1 is 0.929 bits per heavy atom. The minimum atomic E-state index is -0.378. The van der Waals surface area contributed by atoms with E-state index in [9.17, 15) is 9.59 Å². The van der Waals surface area contributed by atoms with Crippen LogP contribution in [0.1, 0.15) is 34.5 Å². The van der Waals surface area contributed by atoms with Gasteiger partial charge in [0.05, 0.1) is 33.9 Å². The second kappa shape index (κ2) is 9.64. The van der Waals surface area contributed by atoms with Gasteiger partial charge in [-0.15, -0.1) is 0 Å². The number of rotatable bonds is 8. The molecule has 0 saturated carbocycles. The summed E-state index contributed by atoms with van der Waals surface area (Å²) in [6, 6.07) is 10.3. The van der Waals surface area contributed by atoms with Gasteiger partial charge in [-0.1, -0.05) is 17.7 Å². The third kappa shape index (κ3) is 5.16. The van der Waals surface area contributed by atoms with Gasteiger partial charge in [0, 0.05) is 11.1 Å². The molecule has 0 aliphatic carbocycles. The van der Waals surface area contributed by atoms with Crippen molar-refractivity contribution in [2.45, 2.75) is 19.9 Å². The molecular formula is C21H26N2O5. The quantitative estimate of drug-likeness (QED) is 0.728. The fraction of sp³-hybridized carbons (Fsp3) is 0.333. The van der Waals surface area contributed by atoms with Gasteiger partial charge >= 0.3 is 0 Å². The van der Waals surface area contributed by atoms with E-state index in [-0.39, 0.29) is 24.4 Å². The first kappa shape index (κ1) is 21.1. The first-order chi connectivity index (χ1) is 13.4. The summed E-state index contributed by atoms with van der Waals surface area (Å²) in [5.74, 6) is 0.993. The number of hydrogen-bond acceptors (Lipinski definition) is 5. The molecule has 2 amide bonds. The van der Waals surface area contributed by atoms with Crippen LogP contribution in [0.5, 0.6) is 17.2 Å². The number of carbonyl (C=O) groups excluding carboxylic acids is 2. The smallest absolute Gasteiger partial charge is 0.251 e. The zero-order chi connectivity index (χ0) is 20.7. The molecule has 2 rings (SSSR count). The van der Waals surface area contributed by atoms with Crippen molar-refractivity contribution < 1.29 is 23.8 Å². The first-order valence-electron chi connectivity index (χ1n) is 8.83. The highest BCUT2D eigenvalue weighted by molar-refractivity contribution is 5.97. The van der Waals surface area contributed by atoms with E-state index in [1.165, 1.54) is 14.2 Å². The Labute approximate surface area is 165 Å². The van der Waals surface area contributed by atoms with Gasteiger partial charge in [0.2, 0.25) is 5.91 Å². The molecule has 0 heterocycles. The minimum absolute atomic E-state index is 0.147. The van der Waals surface area contributed by atoms with Gasteiger partial charge in [0.1, 0.15) is 5.75 Å². The number of aryl methyl sites for hydroxylation is 1. The SMILES string of the molecule is COc1ccc(C(=O)NCC(=O)N[C@H](C)c2cc(C)ccc2OC)cc1OC. The highest BCUT2D eigenvalue weighted by Crippen LogP contribution is 2.27. The number of methoxy groups -OCH3 is 3. The molecule has 2 aromatic rings. The van der Waals surface area contributed by atoms with Crippen molar-refractivity contribution in [2.75, 3.05) is 27.9 Å². The summed E-state index contributed by atoms with van der Waals surface area (Å²) in [5.41, 5.74) is 2.32. The lowest BCUT2D eigenvalue weighted by molar-refractivity contribution is -0.120. The van der Waals surface area contributed by atoms with Crippen LogP contribution in [0, 0.1) is 6.92 Å². The van der Waals surface area contributed by atoms with Crippen molar-refractivity contribution in [3.63, 3.8) is 0 Å². The highest BCUT2D eigenvalue weighted by Gasteiger charge is 2.16. The van der Waals surface area contributed by atoms with Crippen LogP contribution in [0.4, 0.5) is 0 Å². The number of benzene rings is 2. The van der Waals surface area contributed by atoms with Crippen LogP contribution in [0.2, 0.25) is 0 Å². The van der Waals surface area contributed by atoms with Crippen molar-refractivity contribution in [3.05, 3.63) is 53.1 Å². The molecule has 150 valence electrons. The van der Waals surface area contributed by atoms with Crippen LogP contribution in [0.15, 0.2) is 36.4 Å². The van der Waals surface area contributed by atoms with Crippen molar-refractivity contribution in [3.8, 4) is 17.2 Å². The summed E-state index contributed by atoms with van der Waals surface area (Å²) in [6.07, 6.45) is 0. The zero-order valence-corrected chi connectivity index (χ0v) is 16.8. The molecule has 2 aromatic carbocycles. The molecule has 0 aliphatic rings. The van der Waals surface area contributed by atoms with Crippen LogP contribution in [-0.2, 0) is 4.79 Å². The standard InChI is InChI=1S/C21H26N2O5/c1-13-6-8-17(26-3)16(10-13)14(2)23-20(24)12-22-21(25)15-7-9-18(27-4)19(11-15)28-5/h6-11,14H,12H2,1-5H3,(H,22,25)(H,23,24)/t14-/m1/s1. The van der Waals surface area contributed by atoms with Gasteiger partial charge < -0.3 is 24.8 Å². The average Bonchev–Trinajstić information content (AvgIpc) is 2.71. The summed E-state index contributed by atoms with van der Waals surface area (Å²) in [5, 5.41) is 5.47. The van der Waals surface area contributed by atoms with Crippen molar-refractivity contribution in [1.82, 2.24) is 10.6 Å². The molecule has 2 N–H and O–H groups in total. The highest BCUT2D eigenvalue weighted by atomic mass is 16.5. The average molecular weight is 386 g/mol. The van der Waals surface area contributed by atoms with E-state index in [1.807, 2.05) is 32.0 Å². The Morgan fingerprint density at radius 2 is 1.57 bits per heavy atom. The lowest BCUT2D eigenvalue weighted by atomic mass is 10.0. The molecule has 0 spiro atoms. The molecule has 0 saturated heterocycles. The second-order valence-corrected chi connectivity index (χ2v) is 6.29. The van der Waals surface area contributed by atoms with E-state index in [2.05, 4.69) is 10.6 Å². The Bertz CT molecular complexity index is 851. The van der Waals surface area contributed by atoms with Crippen molar-refractivity contribution in [1.29, 1.82) is 0 Å².